The Morgan fingerprint density at radius 1 is 1.19 bits per heavy atom. The molecule has 0 amide bonds. The van der Waals surface area contributed by atoms with E-state index in [4.69, 9.17) is 39.5 Å². The Morgan fingerprint density at radius 2 is 1.69 bits per heavy atom. The highest BCUT2D eigenvalue weighted by atomic mass is 35.6. The molecular weight excluding hydrogens is 270 g/mol. The Labute approximate surface area is 109 Å². The molecule has 0 bridgehead atoms. The molecule has 1 aromatic rings. The topological polar surface area (TPSA) is 26.3 Å². The number of carbonyl (C=O) groups excluding carboxylic acids is 1. The Balaban J connectivity index is 3.32. The first-order valence-electron chi connectivity index (χ1n) is 4.54. The molecule has 88 valence electrons. The van der Waals surface area contributed by atoms with Crippen LogP contribution in [0.25, 0.3) is 0 Å². The average molecular weight is 282 g/mol. The Bertz CT molecular complexity index is 373. The maximum atomic E-state index is 11.8. The van der Waals surface area contributed by atoms with Crippen LogP contribution in [0, 0.1) is 0 Å². The maximum Gasteiger partial charge on any atom is 0.320 e. The van der Waals surface area contributed by atoms with E-state index in [0.717, 1.165) is 0 Å². The van der Waals surface area contributed by atoms with E-state index in [1.165, 1.54) is 7.11 Å². The fourth-order valence-electron chi connectivity index (χ4n) is 1.37. The van der Waals surface area contributed by atoms with Crippen LogP contribution >= 0.6 is 34.8 Å². The summed E-state index contributed by atoms with van der Waals surface area (Å²) < 4.78 is 2.93. The van der Waals surface area contributed by atoms with Gasteiger partial charge in [-0.15, -0.1) is 0 Å². The van der Waals surface area contributed by atoms with Gasteiger partial charge < -0.3 is 4.74 Å². The van der Waals surface area contributed by atoms with Crippen LogP contribution in [0.3, 0.4) is 0 Å². The molecule has 0 heterocycles. The first kappa shape index (κ1) is 13.6. The quantitative estimate of drug-likeness (QED) is 0.613. The molecule has 0 N–H and O–H groups in total. The third kappa shape index (κ3) is 2.29. The van der Waals surface area contributed by atoms with E-state index in [0.29, 0.717) is 5.56 Å². The number of hydrogen-bond acceptors (Lipinski definition) is 2. The molecule has 0 aromatic heterocycles. The molecule has 5 heteroatoms. The molecule has 0 spiro atoms. The molecule has 0 aliphatic heterocycles. The molecule has 0 fully saturated rings. The summed E-state index contributed by atoms with van der Waals surface area (Å²) in [7, 11) is 1.26. The van der Waals surface area contributed by atoms with Gasteiger partial charge in [0.25, 0.3) is 0 Å². The lowest BCUT2D eigenvalue weighted by Gasteiger charge is -2.33. The molecule has 0 saturated heterocycles. The summed E-state index contributed by atoms with van der Waals surface area (Å²) in [4.78, 5) is 11.8. The zero-order chi connectivity index (χ0) is 12.4. The van der Waals surface area contributed by atoms with Crippen molar-refractivity contribution in [3.63, 3.8) is 0 Å². The number of alkyl halides is 3. The van der Waals surface area contributed by atoms with Crippen molar-refractivity contribution in [2.45, 2.75) is 16.1 Å². The summed E-state index contributed by atoms with van der Waals surface area (Å²) in [5.41, 5.74) is -0.727. The standard InChI is InChI=1S/C11H11Cl3O2/c1-10(9(15)16-2,11(12,13)14)8-6-4-3-5-7-8/h3-7H,1-2H3. The molecule has 1 unspecified atom stereocenters. The molecule has 0 saturated carbocycles. The van der Waals surface area contributed by atoms with Gasteiger partial charge in [-0.2, -0.15) is 0 Å². The van der Waals surface area contributed by atoms with Gasteiger partial charge in [0, 0.05) is 0 Å². The summed E-state index contributed by atoms with van der Waals surface area (Å²) in [6.45, 7) is 1.54. The van der Waals surface area contributed by atoms with Crippen molar-refractivity contribution in [2.75, 3.05) is 7.11 Å². The van der Waals surface area contributed by atoms with Gasteiger partial charge in [0.2, 0.25) is 3.79 Å². The summed E-state index contributed by atoms with van der Waals surface area (Å²) in [5, 5.41) is 0. The van der Waals surface area contributed by atoms with Gasteiger partial charge in [-0.1, -0.05) is 65.1 Å². The first-order chi connectivity index (χ1) is 7.34. The van der Waals surface area contributed by atoms with E-state index >= 15 is 0 Å². The Hall–Kier alpha value is -0.440. The van der Waals surface area contributed by atoms with Crippen molar-refractivity contribution in [3.8, 4) is 0 Å². The second-order valence-electron chi connectivity index (χ2n) is 3.48. The van der Waals surface area contributed by atoms with Crippen molar-refractivity contribution >= 4 is 40.8 Å². The number of methoxy groups -OCH3 is 1. The Kier molecular flexibility index (Phi) is 4.11. The van der Waals surface area contributed by atoms with Crippen LogP contribution in [0.5, 0.6) is 0 Å². The number of benzene rings is 1. The molecule has 1 atom stereocenters. The third-order valence-corrected chi connectivity index (χ3v) is 3.65. The summed E-state index contributed by atoms with van der Waals surface area (Å²) in [6, 6.07) is 8.80. The highest BCUT2D eigenvalue weighted by Crippen LogP contribution is 2.47. The van der Waals surface area contributed by atoms with Crippen molar-refractivity contribution < 1.29 is 9.53 Å². The predicted molar refractivity (Wildman–Crippen MR) is 66.1 cm³/mol. The second-order valence-corrected chi connectivity index (χ2v) is 5.76. The second kappa shape index (κ2) is 4.82. The molecule has 2 nitrogen and oxygen atoms in total. The lowest BCUT2D eigenvalue weighted by molar-refractivity contribution is -0.146. The largest absolute Gasteiger partial charge is 0.468 e. The molecule has 0 radical (unpaired) electrons. The van der Waals surface area contributed by atoms with Crippen LogP contribution in [-0.4, -0.2) is 16.9 Å². The number of rotatable bonds is 2. The van der Waals surface area contributed by atoms with Crippen molar-refractivity contribution in [1.82, 2.24) is 0 Å². The van der Waals surface area contributed by atoms with E-state index < -0.39 is 15.2 Å². The van der Waals surface area contributed by atoms with Gasteiger partial charge >= 0.3 is 5.97 Å². The van der Waals surface area contributed by atoms with Gasteiger partial charge in [0.05, 0.1) is 7.11 Å². The van der Waals surface area contributed by atoms with Crippen LogP contribution in [0.4, 0.5) is 0 Å². The monoisotopic (exact) mass is 280 g/mol. The van der Waals surface area contributed by atoms with Gasteiger partial charge in [-0.05, 0) is 12.5 Å². The van der Waals surface area contributed by atoms with E-state index in [9.17, 15) is 4.79 Å². The number of hydrogen-bond donors (Lipinski definition) is 0. The normalized spacial score (nSPS) is 15.3. The van der Waals surface area contributed by atoms with Crippen LogP contribution in [0.2, 0.25) is 0 Å². The van der Waals surface area contributed by atoms with Crippen LogP contribution in [-0.2, 0) is 14.9 Å². The van der Waals surface area contributed by atoms with Crippen molar-refractivity contribution in [1.29, 1.82) is 0 Å². The number of halogens is 3. The van der Waals surface area contributed by atoms with Crippen LogP contribution < -0.4 is 0 Å². The maximum absolute atomic E-state index is 11.8. The minimum atomic E-state index is -1.78. The van der Waals surface area contributed by atoms with Crippen LogP contribution in [0.15, 0.2) is 30.3 Å². The summed E-state index contributed by atoms with van der Waals surface area (Å²) in [5.74, 6) is -0.585. The number of esters is 1. The van der Waals surface area contributed by atoms with Crippen molar-refractivity contribution in [3.05, 3.63) is 35.9 Å². The number of carbonyl (C=O) groups is 1. The molecule has 0 aliphatic rings. The minimum Gasteiger partial charge on any atom is -0.468 e. The predicted octanol–water partition coefficient (Wildman–Crippen LogP) is 3.49. The smallest absolute Gasteiger partial charge is 0.320 e. The average Bonchev–Trinajstić information content (AvgIpc) is 2.26. The highest BCUT2D eigenvalue weighted by Gasteiger charge is 2.52. The minimum absolute atomic E-state index is 0.585. The van der Waals surface area contributed by atoms with Gasteiger partial charge in [0.1, 0.15) is 5.41 Å². The van der Waals surface area contributed by atoms with E-state index in [1.807, 2.05) is 6.07 Å². The zero-order valence-corrected chi connectivity index (χ0v) is 11.1. The van der Waals surface area contributed by atoms with E-state index in [1.54, 1.807) is 31.2 Å². The Morgan fingerprint density at radius 3 is 2.06 bits per heavy atom. The fourth-order valence-corrected chi connectivity index (χ4v) is 1.93. The SMILES string of the molecule is COC(=O)C(C)(c1ccccc1)C(Cl)(Cl)Cl. The lowest BCUT2D eigenvalue weighted by atomic mass is 9.84. The third-order valence-electron chi connectivity index (χ3n) is 2.51. The summed E-state index contributed by atoms with van der Waals surface area (Å²) in [6.07, 6.45) is 0. The van der Waals surface area contributed by atoms with Gasteiger partial charge in [-0.3, -0.25) is 4.79 Å². The van der Waals surface area contributed by atoms with Crippen LogP contribution in [0.1, 0.15) is 12.5 Å². The summed E-state index contributed by atoms with van der Waals surface area (Å²) >= 11 is 17.6. The lowest BCUT2D eigenvalue weighted by Crippen LogP contribution is -2.45. The number of ether oxygens (including phenoxy) is 1. The first-order valence-corrected chi connectivity index (χ1v) is 5.68. The van der Waals surface area contributed by atoms with Gasteiger partial charge in [-0.25, -0.2) is 0 Å². The molecule has 1 rings (SSSR count). The van der Waals surface area contributed by atoms with E-state index in [2.05, 4.69) is 0 Å². The van der Waals surface area contributed by atoms with E-state index in [-0.39, 0.29) is 0 Å². The fraction of sp³-hybridized carbons (Fsp3) is 0.364. The van der Waals surface area contributed by atoms with Crippen molar-refractivity contribution in [2.24, 2.45) is 0 Å². The molecular formula is C11H11Cl3O2. The zero-order valence-electron chi connectivity index (χ0n) is 8.84. The van der Waals surface area contributed by atoms with Gasteiger partial charge in [0.15, 0.2) is 0 Å². The molecule has 0 aliphatic carbocycles. The molecule has 1 aromatic carbocycles. The highest BCUT2D eigenvalue weighted by molar-refractivity contribution is 6.69. The molecule has 16 heavy (non-hydrogen) atoms.